The maximum atomic E-state index is 6.13. The number of likely N-dealkylation sites (N-methyl/N-ethyl adjacent to an activating group) is 1. The molecule has 15 heavy (non-hydrogen) atoms. The van der Waals surface area contributed by atoms with Gasteiger partial charge < -0.3 is 10.1 Å². The van der Waals surface area contributed by atoms with Crippen molar-refractivity contribution < 1.29 is 4.74 Å². The second-order valence-electron chi connectivity index (χ2n) is 6.16. The van der Waals surface area contributed by atoms with Gasteiger partial charge in [0, 0.05) is 25.2 Å². The Hall–Kier alpha value is -0.120. The van der Waals surface area contributed by atoms with Crippen LogP contribution in [0.1, 0.15) is 34.1 Å². The third-order valence-electron chi connectivity index (χ3n) is 3.85. The molecule has 1 atom stereocenters. The molecule has 3 heteroatoms. The lowest BCUT2D eigenvalue weighted by Gasteiger charge is -2.43. The molecule has 2 aliphatic heterocycles. The van der Waals surface area contributed by atoms with E-state index in [1.54, 1.807) is 0 Å². The first-order chi connectivity index (χ1) is 6.82. The van der Waals surface area contributed by atoms with Gasteiger partial charge in [-0.1, -0.05) is 0 Å². The van der Waals surface area contributed by atoms with Gasteiger partial charge in [-0.05, 0) is 41.2 Å². The largest absolute Gasteiger partial charge is 0.368 e. The van der Waals surface area contributed by atoms with E-state index in [-0.39, 0.29) is 11.2 Å². The van der Waals surface area contributed by atoms with E-state index in [1.807, 2.05) is 0 Å². The maximum absolute atomic E-state index is 6.13. The van der Waals surface area contributed by atoms with Gasteiger partial charge >= 0.3 is 0 Å². The van der Waals surface area contributed by atoms with Crippen LogP contribution in [-0.4, -0.2) is 48.3 Å². The summed E-state index contributed by atoms with van der Waals surface area (Å²) in [6.45, 7) is 11.1. The summed E-state index contributed by atoms with van der Waals surface area (Å²) < 4.78 is 6.13. The van der Waals surface area contributed by atoms with Crippen LogP contribution in [0.4, 0.5) is 0 Å². The topological polar surface area (TPSA) is 24.5 Å². The zero-order valence-corrected chi connectivity index (χ0v) is 10.6. The van der Waals surface area contributed by atoms with Gasteiger partial charge in [0.15, 0.2) is 0 Å². The highest BCUT2D eigenvalue weighted by Gasteiger charge is 2.49. The normalized spacial score (nSPS) is 34.4. The Kier molecular flexibility index (Phi) is 2.61. The predicted octanol–water partition coefficient (Wildman–Crippen LogP) is 1.24. The minimum absolute atomic E-state index is 0.0200. The van der Waals surface area contributed by atoms with E-state index in [1.165, 1.54) is 0 Å². The second-order valence-corrected chi connectivity index (χ2v) is 6.16. The standard InChI is InChI=1S/C12H24N2O/c1-11(2)6-10(12(3,4)15-11)14(5)9-7-13-8-9/h9-10,13H,6-8H2,1-5H3. The molecule has 0 aromatic rings. The summed E-state index contributed by atoms with van der Waals surface area (Å²) >= 11 is 0. The zero-order chi connectivity index (χ0) is 11.3. The van der Waals surface area contributed by atoms with Crippen LogP contribution >= 0.6 is 0 Å². The predicted molar refractivity (Wildman–Crippen MR) is 62.1 cm³/mol. The number of nitrogens with one attached hydrogen (secondary N) is 1. The molecule has 0 bridgehead atoms. The van der Waals surface area contributed by atoms with Gasteiger partial charge in [0.1, 0.15) is 0 Å². The number of nitrogens with zero attached hydrogens (tertiary/aromatic N) is 1. The SMILES string of the molecule is CN(C1CNC1)C1CC(C)(C)OC1(C)C. The summed E-state index contributed by atoms with van der Waals surface area (Å²) in [6, 6.07) is 1.24. The third-order valence-corrected chi connectivity index (χ3v) is 3.85. The number of hydrogen-bond acceptors (Lipinski definition) is 3. The van der Waals surface area contributed by atoms with Gasteiger partial charge in [0.2, 0.25) is 0 Å². The Balaban J connectivity index is 2.07. The third kappa shape index (κ3) is 2.05. The minimum Gasteiger partial charge on any atom is -0.368 e. The Morgan fingerprint density at radius 3 is 2.13 bits per heavy atom. The minimum atomic E-state index is -0.0200. The van der Waals surface area contributed by atoms with Gasteiger partial charge in [0.05, 0.1) is 11.2 Å². The monoisotopic (exact) mass is 212 g/mol. The van der Waals surface area contributed by atoms with Crippen LogP contribution in [0, 0.1) is 0 Å². The lowest BCUT2D eigenvalue weighted by Crippen LogP contribution is -2.61. The number of ether oxygens (including phenoxy) is 1. The smallest absolute Gasteiger partial charge is 0.0789 e. The van der Waals surface area contributed by atoms with Crippen molar-refractivity contribution in [2.75, 3.05) is 20.1 Å². The molecule has 2 heterocycles. The molecule has 0 aliphatic carbocycles. The molecule has 0 saturated carbocycles. The summed E-state index contributed by atoms with van der Waals surface area (Å²) in [7, 11) is 2.24. The highest BCUT2D eigenvalue weighted by molar-refractivity contribution is 5.02. The second kappa shape index (κ2) is 3.44. The fourth-order valence-corrected chi connectivity index (χ4v) is 2.98. The summed E-state index contributed by atoms with van der Waals surface area (Å²) in [5, 5.41) is 3.33. The Labute approximate surface area is 93.2 Å². The van der Waals surface area contributed by atoms with Crippen molar-refractivity contribution in [1.29, 1.82) is 0 Å². The summed E-state index contributed by atoms with van der Waals surface area (Å²) in [5.41, 5.74) is 0.00738. The Morgan fingerprint density at radius 2 is 1.80 bits per heavy atom. The first-order valence-electron chi connectivity index (χ1n) is 5.95. The van der Waals surface area contributed by atoms with Crippen molar-refractivity contribution in [2.45, 2.75) is 57.4 Å². The average molecular weight is 212 g/mol. The molecule has 0 radical (unpaired) electrons. The van der Waals surface area contributed by atoms with E-state index in [2.05, 4.69) is 45.0 Å². The lowest BCUT2D eigenvalue weighted by atomic mass is 9.91. The molecule has 2 saturated heterocycles. The van der Waals surface area contributed by atoms with Crippen LogP contribution in [-0.2, 0) is 4.74 Å². The van der Waals surface area contributed by atoms with Gasteiger partial charge in [-0.3, -0.25) is 4.90 Å². The molecular weight excluding hydrogens is 188 g/mol. The van der Waals surface area contributed by atoms with Crippen molar-refractivity contribution in [3.05, 3.63) is 0 Å². The van der Waals surface area contributed by atoms with Gasteiger partial charge in [-0.15, -0.1) is 0 Å². The highest BCUT2D eigenvalue weighted by atomic mass is 16.5. The van der Waals surface area contributed by atoms with Crippen molar-refractivity contribution in [1.82, 2.24) is 10.2 Å². The van der Waals surface area contributed by atoms with Crippen LogP contribution < -0.4 is 5.32 Å². The summed E-state index contributed by atoms with van der Waals surface area (Å²) in [5.74, 6) is 0. The number of rotatable bonds is 2. The molecule has 0 aromatic carbocycles. The van der Waals surface area contributed by atoms with Crippen LogP contribution in [0.2, 0.25) is 0 Å². The molecule has 2 rings (SSSR count). The van der Waals surface area contributed by atoms with E-state index in [4.69, 9.17) is 4.74 Å². The Morgan fingerprint density at radius 1 is 1.20 bits per heavy atom. The fraction of sp³-hybridized carbons (Fsp3) is 1.00. The summed E-state index contributed by atoms with van der Waals surface area (Å²) in [6.07, 6.45) is 1.13. The first-order valence-corrected chi connectivity index (χ1v) is 5.95. The first kappa shape index (κ1) is 11.4. The molecule has 0 aromatic heterocycles. The molecule has 3 nitrogen and oxygen atoms in total. The van der Waals surface area contributed by atoms with Crippen molar-refractivity contribution in [3.8, 4) is 0 Å². The van der Waals surface area contributed by atoms with Crippen LogP contribution in [0.25, 0.3) is 0 Å². The van der Waals surface area contributed by atoms with E-state index >= 15 is 0 Å². The molecular formula is C12H24N2O. The van der Waals surface area contributed by atoms with Crippen LogP contribution in [0.3, 0.4) is 0 Å². The maximum Gasteiger partial charge on any atom is 0.0789 e. The van der Waals surface area contributed by atoms with E-state index in [0.29, 0.717) is 12.1 Å². The molecule has 2 aliphatic rings. The van der Waals surface area contributed by atoms with Crippen LogP contribution in [0.5, 0.6) is 0 Å². The van der Waals surface area contributed by atoms with Gasteiger partial charge in [0.25, 0.3) is 0 Å². The zero-order valence-electron chi connectivity index (χ0n) is 10.6. The lowest BCUT2D eigenvalue weighted by molar-refractivity contribution is -0.0831. The molecule has 88 valence electrons. The van der Waals surface area contributed by atoms with E-state index in [9.17, 15) is 0 Å². The highest BCUT2D eigenvalue weighted by Crippen LogP contribution is 2.40. The van der Waals surface area contributed by atoms with Crippen molar-refractivity contribution in [3.63, 3.8) is 0 Å². The average Bonchev–Trinajstić information content (AvgIpc) is 2.14. The summed E-state index contributed by atoms with van der Waals surface area (Å²) in [4.78, 5) is 2.51. The van der Waals surface area contributed by atoms with Crippen molar-refractivity contribution >= 4 is 0 Å². The Bertz CT molecular complexity index is 246. The molecule has 2 fully saturated rings. The van der Waals surface area contributed by atoms with Gasteiger partial charge in [-0.25, -0.2) is 0 Å². The van der Waals surface area contributed by atoms with Gasteiger partial charge in [-0.2, -0.15) is 0 Å². The van der Waals surface area contributed by atoms with E-state index < -0.39 is 0 Å². The molecule has 0 spiro atoms. The van der Waals surface area contributed by atoms with Crippen LogP contribution in [0.15, 0.2) is 0 Å². The number of hydrogen-bond donors (Lipinski definition) is 1. The molecule has 0 amide bonds. The fourth-order valence-electron chi connectivity index (χ4n) is 2.98. The molecule has 1 N–H and O–H groups in total. The molecule has 1 unspecified atom stereocenters. The van der Waals surface area contributed by atoms with E-state index in [0.717, 1.165) is 19.5 Å². The van der Waals surface area contributed by atoms with Crippen molar-refractivity contribution in [2.24, 2.45) is 0 Å². The quantitative estimate of drug-likeness (QED) is 0.745.